The number of aryl methyl sites for hydroxylation is 1. The Labute approximate surface area is 105 Å². The molecule has 0 aliphatic carbocycles. The van der Waals surface area contributed by atoms with Gasteiger partial charge in [-0.2, -0.15) is 0 Å². The smallest absolute Gasteiger partial charge is 0.206 e. The van der Waals surface area contributed by atoms with Crippen molar-refractivity contribution in [1.82, 2.24) is 14.9 Å². The summed E-state index contributed by atoms with van der Waals surface area (Å²) in [5.74, 6) is 0.653. The normalized spacial score (nSPS) is 17.1. The molecule has 1 aromatic heterocycles. The van der Waals surface area contributed by atoms with Crippen LogP contribution >= 0.6 is 0 Å². The van der Waals surface area contributed by atoms with Crippen LogP contribution in [0.1, 0.15) is 6.42 Å². The van der Waals surface area contributed by atoms with E-state index in [-0.39, 0.29) is 5.82 Å². The zero-order valence-corrected chi connectivity index (χ0v) is 10.5. The molecule has 2 aromatic rings. The fraction of sp³-hybridized carbons (Fsp3) is 0.462. The number of imidazole rings is 1. The van der Waals surface area contributed by atoms with Crippen LogP contribution in [0.2, 0.25) is 0 Å². The van der Waals surface area contributed by atoms with Gasteiger partial charge in [-0.1, -0.05) is 6.07 Å². The van der Waals surface area contributed by atoms with Gasteiger partial charge in [0.05, 0.1) is 5.52 Å². The Morgan fingerprint density at radius 1 is 1.28 bits per heavy atom. The maximum Gasteiger partial charge on any atom is 0.206 e. The van der Waals surface area contributed by atoms with Gasteiger partial charge in [0.25, 0.3) is 0 Å². The van der Waals surface area contributed by atoms with Gasteiger partial charge in [-0.15, -0.1) is 0 Å². The summed E-state index contributed by atoms with van der Waals surface area (Å²) in [7, 11) is 1.88. The van der Waals surface area contributed by atoms with Gasteiger partial charge < -0.3 is 14.8 Å². The lowest BCUT2D eigenvalue weighted by molar-refractivity contribution is 0.631. The number of anilines is 1. The van der Waals surface area contributed by atoms with Crippen molar-refractivity contribution in [3.8, 4) is 0 Å². The van der Waals surface area contributed by atoms with Crippen LogP contribution in [-0.2, 0) is 7.05 Å². The lowest BCUT2D eigenvalue weighted by Gasteiger charge is -2.20. The van der Waals surface area contributed by atoms with Crippen molar-refractivity contribution < 1.29 is 4.39 Å². The average molecular weight is 248 g/mol. The van der Waals surface area contributed by atoms with Crippen molar-refractivity contribution in [2.24, 2.45) is 7.05 Å². The molecule has 0 unspecified atom stereocenters. The van der Waals surface area contributed by atoms with E-state index in [9.17, 15) is 4.39 Å². The van der Waals surface area contributed by atoms with Crippen molar-refractivity contribution in [1.29, 1.82) is 0 Å². The van der Waals surface area contributed by atoms with Crippen molar-refractivity contribution in [2.75, 3.05) is 31.1 Å². The van der Waals surface area contributed by atoms with E-state index in [0.717, 1.165) is 44.1 Å². The predicted molar refractivity (Wildman–Crippen MR) is 70.4 cm³/mol. The van der Waals surface area contributed by atoms with Gasteiger partial charge in [0, 0.05) is 26.7 Å². The van der Waals surface area contributed by atoms with Crippen molar-refractivity contribution >= 4 is 17.0 Å². The Kier molecular flexibility index (Phi) is 2.91. The average Bonchev–Trinajstić information content (AvgIpc) is 2.56. The van der Waals surface area contributed by atoms with E-state index in [2.05, 4.69) is 15.2 Å². The summed E-state index contributed by atoms with van der Waals surface area (Å²) in [5.41, 5.74) is 1.31. The first-order valence-electron chi connectivity index (χ1n) is 6.34. The molecule has 18 heavy (non-hydrogen) atoms. The molecular formula is C13H17FN4. The predicted octanol–water partition coefficient (Wildman–Crippen LogP) is 1.51. The van der Waals surface area contributed by atoms with Gasteiger partial charge in [-0.3, -0.25) is 0 Å². The summed E-state index contributed by atoms with van der Waals surface area (Å²) in [4.78, 5) is 6.78. The summed E-state index contributed by atoms with van der Waals surface area (Å²) >= 11 is 0. The van der Waals surface area contributed by atoms with Crippen LogP contribution in [0.15, 0.2) is 18.2 Å². The van der Waals surface area contributed by atoms with Crippen molar-refractivity contribution in [3.05, 3.63) is 24.0 Å². The van der Waals surface area contributed by atoms with Crippen molar-refractivity contribution in [2.45, 2.75) is 6.42 Å². The van der Waals surface area contributed by atoms with Crippen LogP contribution in [-0.4, -0.2) is 35.7 Å². The minimum Gasteiger partial charge on any atom is -0.341 e. The van der Waals surface area contributed by atoms with Gasteiger partial charge in [-0.25, -0.2) is 9.37 Å². The molecule has 1 N–H and O–H groups in total. The molecule has 1 aromatic carbocycles. The first-order valence-corrected chi connectivity index (χ1v) is 6.34. The van der Waals surface area contributed by atoms with E-state index in [0.29, 0.717) is 5.52 Å². The molecule has 0 radical (unpaired) electrons. The third-order valence-corrected chi connectivity index (χ3v) is 3.44. The van der Waals surface area contributed by atoms with Crippen LogP contribution in [0.4, 0.5) is 10.3 Å². The third kappa shape index (κ3) is 1.84. The lowest BCUT2D eigenvalue weighted by Crippen LogP contribution is -2.30. The molecule has 0 saturated carbocycles. The summed E-state index contributed by atoms with van der Waals surface area (Å²) < 4.78 is 15.7. The summed E-state index contributed by atoms with van der Waals surface area (Å²) in [5, 5.41) is 3.36. The van der Waals surface area contributed by atoms with Gasteiger partial charge in [0.2, 0.25) is 5.95 Å². The van der Waals surface area contributed by atoms with Gasteiger partial charge in [0.1, 0.15) is 11.3 Å². The van der Waals surface area contributed by atoms with E-state index in [4.69, 9.17) is 0 Å². The Balaban J connectivity index is 2.06. The van der Waals surface area contributed by atoms with Crippen LogP contribution in [0.25, 0.3) is 11.0 Å². The van der Waals surface area contributed by atoms with E-state index in [1.807, 2.05) is 17.7 Å². The van der Waals surface area contributed by atoms with E-state index < -0.39 is 0 Å². The molecule has 0 atom stereocenters. The highest BCUT2D eigenvalue weighted by Gasteiger charge is 2.17. The molecule has 1 aliphatic heterocycles. The van der Waals surface area contributed by atoms with E-state index >= 15 is 0 Å². The monoisotopic (exact) mass is 248 g/mol. The minimum atomic E-state index is -0.207. The maximum atomic E-state index is 13.8. The second-order valence-electron chi connectivity index (χ2n) is 4.67. The van der Waals surface area contributed by atoms with Gasteiger partial charge in [0.15, 0.2) is 0 Å². The number of nitrogens with one attached hydrogen (secondary N) is 1. The number of para-hydroxylation sites is 1. The summed E-state index contributed by atoms with van der Waals surface area (Å²) in [6.45, 7) is 3.87. The molecule has 4 nitrogen and oxygen atoms in total. The van der Waals surface area contributed by atoms with Crippen LogP contribution in [0.3, 0.4) is 0 Å². The Bertz CT molecular complexity index is 555. The second kappa shape index (κ2) is 4.57. The maximum absolute atomic E-state index is 13.8. The second-order valence-corrected chi connectivity index (χ2v) is 4.67. The molecule has 0 spiro atoms. The summed E-state index contributed by atoms with van der Waals surface area (Å²) in [6.07, 6.45) is 1.09. The zero-order valence-electron chi connectivity index (χ0n) is 10.5. The van der Waals surface area contributed by atoms with Crippen LogP contribution < -0.4 is 10.2 Å². The largest absolute Gasteiger partial charge is 0.341 e. The molecule has 1 aliphatic rings. The number of hydrogen-bond acceptors (Lipinski definition) is 3. The van der Waals surface area contributed by atoms with Gasteiger partial charge in [-0.05, 0) is 25.1 Å². The number of nitrogens with zero attached hydrogens (tertiary/aromatic N) is 3. The molecule has 96 valence electrons. The topological polar surface area (TPSA) is 33.1 Å². The Morgan fingerprint density at radius 3 is 3.00 bits per heavy atom. The SMILES string of the molecule is Cn1c(N2CCCNCC2)nc2cccc(F)c21. The number of rotatable bonds is 1. The fourth-order valence-corrected chi connectivity index (χ4v) is 2.54. The highest BCUT2D eigenvalue weighted by molar-refractivity contribution is 5.79. The first-order chi connectivity index (χ1) is 8.77. The molecule has 2 heterocycles. The van der Waals surface area contributed by atoms with E-state index in [1.54, 1.807) is 6.07 Å². The molecule has 1 fully saturated rings. The van der Waals surface area contributed by atoms with Crippen LogP contribution in [0.5, 0.6) is 0 Å². The number of hydrogen-bond donors (Lipinski definition) is 1. The zero-order chi connectivity index (χ0) is 12.5. The number of fused-ring (bicyclic) bond motifs is 1. The molecule has 3 rings (SSSR count). The highest BCUT2D eigenvalue weighted by Crippen LogP contribution is 2.23. The fourth-order valence-electron chi connectivity index (χ4n) is 2.54. The molecule has 0 amide bonds. The Hall–Kier alpha value is -1.62. The first kappa shape index (κ1) is 11.5. The lowest BCUT2D eigenvalue weighted by atomic mass is 10.3. The highest BCUT2D eigenvalue weighted by atomic mass is 19.1. The molecule has 0 bridgehead atoms. The van der Waals surface area contributed by atoms with Gasteiger partial charge >= 0.3 is 0 Å². The third-order valence-electron chi connectivity index (χ3n) is 3.44. The molecule has 1 saturated heterocycles. The molecule has 5 heteroatoms. The van der Waals surface area contributed by atoms with Crippen LogP contribution in [0, 0.1) is 5.82 Å². The quantitative estimate of drug-likeness (QED) is 0.830. The van der Waals surface area contributed by atoms with Crippen molar-refractivity contribution in [3.63, 3.8) is 0 Å². The Morgan fingerprint density at radius 2 is 2.17 bits per heavy atom. The minimum absolute atomic E-state index is 0.207. The molecular weight excluding hydrogens is 231 g/mol. The number of benzene rings is 1. The number of aromatic nitrogens is 2. The van der Waals surface area contributed by atoms with E-state index in [1.165, 1.54) is 6.07 Å². The summed E-state index contributed by atoms with van der Waals surface area (Å²) in [6, 6.07) is 5.05. The number of halogens is 1. The standard InChI is InChI=1S/C13H17FN4/c1-17-12-10(14)4-2-5-11(12)16-13(17)18-8-3-6-15-7-9-18/h2,4-5,15H,3,6-9H2,1H3.